The molecule has 14 heavy (non-hydrogen) atoms. The van der Waals surface area contributed by atoms with Crippen molar-refractivity contribution in [3.05, 3.63) is 47.4 Å². The van der Waals surface area contributed by atoms with E-state index in [0.29, 0.717) is 11.4 Å². The van der Waals surface area contributed by atoms with E-state index in [1.54, 1.807) is 24.3 Å². The van der Waals surface area contributed by atoms with Gasteiger partial charge >= 0.3 is 0 Å². The van der Waals surface area contributed by atoms with Gasteiger partial charge in [0.05, 0.1) is 0 Å². The highest BCUT2D eigenvalue weighted by atomic mass is 16.1. The molecule has 0 heterocycles. The van der Waals surface area contributed by atoms with Crippen LogP contribution in [0.15, 0.2) is 42.0 Å². The normalized spacial score (nSPS) is 8.57. The van der Waals surface area contributed by atoms with Gasteiger partial charge in [0.2, 0.25) is 5.91 Å². The Morgan fingerprint density at radius 1 is 1.50 bits per heavy atom. The molecule has 0 aliphatic carbocycles. The van der Waals surface area contributed by atoms with Crippen molar-refractivity contribution in [3.63, 3.8) is 0 Å². The molecule has 0 radical (unpaired) electrons. The standard InChI is InChI=1S/C9H8N4O/c1-2-9(14)11-7-3-5-8(6-4-7)12-13-10/h2-6H,1H2,(H,11,14). The first-order valence-corrected chi connectivity index (χ1v) is 3.85. The second kappa shape index (κ2) is 4.69. The van der Waals surface area contributed by atoms with Crippen molar-refractivity contribution in [3.8, 4) is 0 Å². The van der Waals surface area contributed by atoms with Crippen molar-refractivity contribution in [1.29, 1.82) is 0 Å². The third-order valence-electron chi connectivity index (χ3n) is 1.48. The van der Waals surface area contributed by atoms with Gasteiger partial charge in [0, 0.05) is 16.3 Å². The molecule has 1 aromatic rings. The SMILES string of the molecule is C=CC(=O)Nc1ccc(N=[N+]=[N-])cc1. The molecule has 5 heteroatoms. The van der Waals surface area contributed by atoms with Gasteiger partial charge in [0.25, 0.3) is 0 Å². The maximum atomic E-state index is 10.9. The summed E-state index contributed by atoms with van der Waals surface area (Å²) in [5.74, 6) is -0.276. The Morgan fingerprint density at radius 2 is 2.14 bits per heavy atom. The van der Waals surface area contributed by atoms with Gasteiger partial charge in [-0.3, -0.25) is 4.79 Å². The van der Waals surface area contributed by atoms with Gasteiger partial charge in [0.15, 0.2) is 0 Å². The molecule has 1 amide bonds. The van der Waals surface area contributed by atoms with Crippen LogP contribution >= 0.6 is 0 Å². The fourth-order valence-electron chi connectivity index (χ4n) is 0.856. The lowest BCUT2D eigenvalue weighted by Crippen LogP contribution is -2.06. The van der Waals surface area contributed by atoms with Gasteiger partial charge in [-0.25, -0.2) is 0 Å². The maximum Gasteiger partial charge on any atom is 0.247 e. The van der Waals surface area contributed by atoms with Crippen molar-refractivity contribution in [2.75, 3.05) is 5.32 Å². The Hall–Kier alpha value is -2.26. The van der Waals surface area contributed by atoms with Crippen LogP contribution in [0.1, 0.15) is 0 Å². The molecular weight excluding hydrogens is 180 g/mol. The van der Waals surface area contributed by atoms with Crippen LogP contribution in [0.25, 0.3) is 10.4 Å². The lowest BCUT2D eigenvalue weighted by atomic mass is 10.3. The zero-order valence-corrected chi connectivity index (χ0v) is 7.34. The number of nitrogens with zero attached hydrogens (tertiary/aromatic N) is 3. The van der Waals surface area contributed by atoms with Crippen molar-refractivity contribution in [2.45, 2.75) is 0 Å². The highest BCUT2D eigenvalue weighted by Crippen LogP contribution is 2.16. The average molecular weight is 188 g/mol. The Kier molecular flexibility index (Phi) is 3.29. The fraction of sp³-hybridized carbons (Fsp3) is 0. The number of azide groups is 1. The van der Waals surface area contributed by atoms with E-state index >= 15 is 0 Å². The van der Waals surface area contributed by atoms with E-state index in [4.69, 9.17) is 5.53 Å². The van der Waals surface area contributed by atoms with E-state index < -0.39 is 0 Å². The summed E-state index contributed by atoms with van der Waals surface area (Å²) < 4.78 is 0. The first-order valence-electron chi connectivity index (χ1n) is 3.85. The van der Waals surface area contributed by atoms with Gasteiger partial charge < -0.3 is 5.32 Å². The third-order valence-corrected chi connectivity index (χ3v) is 1.48. The molecule has 0 bridgehead atoms. The molecule has 0 saturated carbocycles. The molecule has 70 valence electrons. The number of amides is 1. The van der Waals surface area contributed by atoms with Gasteiger partial charge in [0.1, 0.15) is 0 Å². The number of hydrogen-bond acceptors (Lipinski definition) is 2. The number of rotatable bonds is 3. The molecule has 0 aliphatic rings. The van der Waals surface area contributed by atoms with Crippen molar-refractivity contribution in [2.24, 2.45) is 5.11 Å². The summed E-state index contributed by atoms with van der Waals surface area (Å²) in [6.07, 6.45) is 1.18. The molecule has 0 spiro atoms. The van der Waals surface area contributed by atoms with Gasteiger partial charge in [-0.15, -0.1) is 0 Å². The Labute approximate surface area is 80.7 Å². The number of hydrogen-bond donors (Lipinski definition) is 1. The molecule has 0 fully saturated rings. The third kappa shape index (κ3) is 2.66. The van der Waals surface area contributed by atoms with Crippen molar-refractivity contribution < 1.29 is 4.79 Å². The second-order valence-electron chi connectivity index (χ2n) is 2.43. The van der Waals surface area contributed by atoms with E-state index in [9.17, 15) is 4.79 Å². The predicted octanol–water partition coefficient (Wildman–Crippen LogP) is 2.75. The summed E-state index contributed by atoms with van der Waals surface area (Å²) >= 11 is 0. The molecule has 0 aromatic heterocycles. The van der Waals surface area contributed by atoms with Gasteiger partial charge in [-0.1, -0.05) is 23.8 Å². The second-order valence-corrected chi connectivity index (χ2v) is 2.43. The molecule has 0 atom stereocenters. The molecule has 0 aliphatic heterocycles. The van der Waals surface area contributed by atoms with Crippen molar-refractivity contribution >= 4 is 17.3 Å². The molecule has 0 saturated heterocycles. The molecule has 1 N–H and O–H groups in total. The number of benzene rings is 1. The summed E-state index contributed by atoms with van der Waals surface area (Å²) in [6, 6.07) is 6.51. The lowest BCUT2D eigenvalue weighted by Gasteiger charge is -2.00. The zero-order chi connectivity index (χ0) is 10.4. The highest BCUT2D eigenvalue weighted by Gasteiger charge is 1.95. The first-order chi connectivity index (χ1) is 6.76. The summed E-state index contributed by atoms with van der Waals surface area (Å²) in [6.45, 7) is 3.33. The summed E-state index contributed by atoms with van der Waals surface area (Å²) in [4.78, 5) is 13.5. The van der Waals surface area contributed by atoms with Crippen LogP contribution in [0, 0.1) is 0 Å². The Morgan fingerprint density at radius 3 is 2.64 bits per heavy atom. The molecule has 0 unspecified atom stereocenters. The van der Waals surface area contributed by atoms with Crippen LogP contribution in [-0.4, -0.2) is 5.91 Å². The molecule has 5 nitrogen and oxygen atoms in total. The minimum absolute atomic E-state index is 0.276. The Bertz CT molecular complexity index is 390. The quantitative estimate of drug-likeness (QED) is 0.336. The Balaban J connectivity index is 2.77. The first kappa shape index (κ1) is 9.83. The maximum absolute atomic E-state index is 10.9. The van der Waals surface area contributed by atoms with E-state index in [2.05, 4.69) is 21.9 Å². The van der Waals surface area contributed by atoms with Crippen molar-refractivity contribution in [1.82, 2.24) is 0 Å². The molecule has 1 aromatic carbocycles. The largest absolute Gasteiger partial charge is 0.323 e. The summed E-state index contributed by atoms with van der Waals surface area (Å²) in [5.41, 5.74) is 9.28. The van der Waals surface area contributed by atoms with Crippen LogP contribution in [-0.2, 0) is 4.79 Å². The topological polar surface area (TPSA) is 77.9 Å². The average Bonchev–Trinajstić information content (AvgIpc) is 2.21. The molecular formula is C9H8N4O. The van der Waals surface area contributed by atoms with E-state index in [-0.39, 0.29) is 5.91 Å². The lowest BCUT2D eigenvalue weighted by molar-refractivity contribution is -0.111. The minimum atomic E-state index is -0.276. The minimum Gasteiger partial charge on any atom is -0.323 e. The monoisotopic (exact) mass is 188 g/mol. The van der Waals surface area contributed by atoms with Crippen LogP contribution in [0.4, 0.5) is 11.4 Å². The van der Waals surface area contributed by atoms with E-state index in [1.807, 2.05) is 0 Å². The van der Waals surface area contributed by atoms with Gasteiger partial charge in [-0.05, 0) is 23.7 Å². The zero-order valence-electron chi connectivity index (χ0n) is 7.34. The fourth-order valence-corrected chi connectivity index (χ4v) is 0.856. The highest BCUT2D eigenvalue weighted by molar-refractivity contribution is 5.98. The predicted molar refractivity (Wildman–Crippen MR) is 54.1 cm³/mol. The number of anilines is 1. The van der Waals surface area contributed by atoms with Crippen LogP contribution in [0.2, 0.25) is 0 Å². The number of nitrogens with one attached hydrogen (secondary N) is 1. The van der Waals surface area contributed by atoms with E-state index in [0.717, 1.165) is 0 Å². The number of carbonyl (C=O) groups excluding carboxylic acids is 1. The molecule has 1 rings (SSSR count). The van der Waals surface area contributed by atoms with Crippen LogP contribution < -0.4 is 5.32 Å². The summed E-state index contributed by atoms with van der Waals surface area (Å²) in [7, 11) is 0. The van der Waals surface area contributed by atoms with Gasteiger partial charge in [-0.2, -0.15) is 0 Å². The summed E-state index contributed by atoms with van der Waals surface area (Å²) in [5, 5.41) is 5.96. The number of carbonyl (C=O) groups is 1. The van der Waals surface area contributed by atoms with E-state index in [1.165, 1.54) is 6.08 Å². The van der Waals surface area contributed by atoms with Crippen LogP contribution in [0.5, 0.6) is 0 Å². The van der Waals surface area contributed by atoms with Crippen LogP contribution in [0.3, 0.4) is 0 Å². The smallest absolute Gasteiger partial charge is 0.247 e.